The van der Waals surface area contributed by atoms with Gasteiger partial charge in [0.05, 0.1) is 0 Å². The summed E-state index contributed by atoms with van der Waals surface area (Å²) in [4.78, 5) is 23.3. The highest BCUT2D eigenvalue weighted by Gasteiger charge is 2.01. The van der Waals surface area contributed by atoms with Crippen molar-refractivity contribution in [3.8, 4) is 0 Å². The van der Waals surface area contributed by atoms with Crippen molar-refractivity contribution in [2.45, 2.75) is 13.3 Å². The molecule has 0 spiro atoms. The lowest BCUT2D eigenvalue weighted by Crippen LogP contribution is -2.08. The lowest BCUT2D eigenvalue weighted by Gasteiger charge is -2.03. The minimum atomic E-state index is -0.0455. The largest absolute Gasteiger partial charge is 0.326 e. The van der Waals surface area contributed by atoms with Gasteiger partial charge in [-0.25, -0.2) is 0 Å². The van der Waals surface area contributed by atoms with Crippen LogP contribution in [0.1, 0.15) is 29.3 Å². The van der Waals surface area contributed by atoms with Crippen LogP contribution in [0.2, 0.25) is 0 Å². The molecule has 0 unspecified atom stereocenters. The Balaban J connectivity index is 2.02. The smallest absolute Gasteiger partial charge is 0.224 e. The van der Waals surface area contributed by atoms with Gasteiger partial charge in [0.1, 0.15) is 0 Å². The van der Waals surface area contributed by atoms with E-state index in [1.807, 2.05) is 36.4 Å². The second-order valence-electron chi connectivity index (χ2n) is 4.73. The SMILES string of the molecule is CCC(=O)Nc1ccc(/C=C/C(=O)c2ccc(Br)cc2)cc1. The third kappa shape index (κ3) is 4.67. The van der Waals surface area contributed by atoms with Gasteiger partial charge >= 0.3 is 0 Å². The van der Waals surface area contributed by atoms with Crippen molar-refractivity contribution >= 4 is 39.4 Å². The maximum absolute atomic E-state index is 12.0. The summed E-state index contributed by atoms with van der Waals surface area (Å²) >= 11 is 3.34. The van der Waals surface area contributed by atoms with Crippen LogP contribution in [0.25, 0.3) is 6.08 Å². The second-order valence-corrected chi connectivity index (χ2v) is 5.64. The summed E-state index contributed by atoms with van der Waals surface area (Å²) in [6.07, 6.45) is 3.75. The van der Waals surface area contributed by atoms with Gasteiger partial charge in [-0.1, -0.05) is 41.1 Å². The van der Waals surface area contributed by atoms with Crippen LogP contribution in [0, 0.1) is 0 Å². The third-order valence-corrected chi connectivity index (χ3v) is 3.60. The summed E-state index contributed by atoms with van der Waals surface area (Å²) in [7, 11) is 0. The van der Waals surface area contributed by atoms with Crippen LogP contribution >= 0.6 is 15.9 Å². The van der Waals surface area contributed by atoms with E-state index in [-0.39, 0.29) is 11.7 Å². The molecule has 0 aliphatic heterocycles. The maximum atomic E-state index is 12.0. The number of carbonyl (C=O) groups is 2. The quantitative estimate of drug-likeness (QED) is 0.622. The van der Waals surface area contributed by atoms with Crippen molar-refractivity contribution in [1.29, 1.82) is 0 Å². The maximum Gasteiger partial charge on any atom is 0.224 e. The van der Waals surface area contributed by atoms with Gasteiger partial charge in [0.15, 0.2) is 5.78 Å². The average Bonchev–Trinajstić information content (AvgIpc) is 2.54. The van der Waals surface area contributed by atoms with Crippen molar-refractivity contribution < 1.29 is 9.59 Å². The lowest BCUT2D eigenvalue weighted by molar-refractivity contribution is -0.115. The van der Waals surface area contributed by atoms with E-state index in [0.717, 1.165) is 15.7 Å². The highest BCUT2D eigenvalue weighted by molar-refractivity contribution is 9.10. The van der Waals surface area contributed by atoms with Crippen molar-refractivity contribution in [1.82, 2.24) is 0 Å². The first-order chi connectivity index (χ1) is 10.6. The van der Waals surface area contributed by atoms with E-state index in [0.29, 0.717) is 12.0 Å². The first-order valence-electron chi connectivity index (χ1n) is 6.96. The Labute approximate surface area is 138 Å². The number of halogens is 1. The van der Waals surface area contributed by atoms with E-state index >= 15 is 0 Å². The molecule has 0 atom stereocenters. The molecule has 1 N–H and O–H groups in total. The van der Waals surface area contributed by atoms with E-state index in [1.165, 1.54) is 0 Å². The number of nitrogens with one attached hydrogen (secondary N) is 1. The molecule has 0 aliphatic carbocycles. The summed E-state index contributed by atoms with van der Waals surface area (Å²) in [5.41, 5.74) is 2.30. The molecule has 0 aliphatic rings. The Bertz CT molecular complexity index is 688. The fraction of sp³-hybridized carbons (Fsp3) is 0.111. The zero-order valence-corrected chi connectivity index (χ0v) is 13.8. The molecule has 0 radical (unpaired) electrons. The Morgan fingerprint density at radius 2 is 1.68 bits per heavy atom. The highest BCUT2D eigenvalue weighted by atomic mass is 79.9. The number of ketones is 1. The predicted octanol–water partition coefficient (Wildman–Crippen LogP) is 4.69. The molecule has 4 heteroatoms. The number of allylic oxidation sites excluding steroid dienone is 1. The first-order valence-corrected chi connectivity index (χ1v) is 7.75. The molecule has 22 heavy (non-hydrogen) atoms. The summed E-state index contributed by atoms with van der Waals surface area (Å²) < 4.78 is 0.942. The fourth-order valence-corrected chi connectivity index (χ4v) is 2.07. The molecule has 0 bridgehead atoms. The molecule has 0 aromatic heterocycles. The molecule has 0 heterocycles. The summed E-state index contributed by atoms with van der Waals surface area (Å²) in [6.45, 7) is 1.81. The lowest BCUT2D eigenvalue weighted by atomic mass is 10.1. The molecule has 0 saturated heterocycles. The van der Waals surface area contributed by atoms with Gasteiger partial charge in [-0.15, -0.1) is 0 Å². The highest BCUT2D eigenvalue weighted by Crippen LogP contribution is 2.13. The van der Waals surface area contributed by atoms with Crippen LogP contribution < -0.4 is 5.32 Å². The van der Waals surface area contributed by atoms with Gasteiger partial charge in [-0.3, -0.25) is 9.59 Å². The molecule has 2 aromatic rings. The molecule has 0 fully saturated rings. The van der Waals surface area contributed by atoms with Gasteiger partial charge in [0.2, 0.25) is 5.91 Å². The third-order valence-electron chi connectivity index (χ3n) is 3.07. The standard InChI is InChI=1S/C18H16BrNO2/c1-2-18(22)20-16-10-3-13(4-11-16)5-12-17(21)14-6-8-15(19)9-7-14/h3-12H,2H2,1H3,(H,20,22)/b12-5+. The van der Waals surface area contributed by atoms with Crippen LogP contribution in [-0.2, 0) is 4.79 Å². The van der Waals surface area contributed by atoms with Gasteiger partial charge in [-0.05, 0) is 48.0 Å². The zero-order chi connectivity index (χ0) is 15.9. The van der Waals surface area contributed by atoms with Gasteiger partial charge < -0.3 is 5.32 Å². The second kappa shape index (κ2) is 7.71. The predicted molar refractivity (Wildman–Crippen MR) is 92.9 cm³/mol. The molecule has 2 rings (SSSR count). The van der Waals surface area contributed by atoms with Crippen LogP contribution in [0.3, 0.4) is 0 Å². The summed E-state index contributed by atoms with van der Waals surface area (Å²) in [5.74, 6) is -0.0652. The van der Waals surface area contributed by atoms with E-state index in [9.17, 15) is 9.59 Å². The minimum absolute atomic E-state index is 0.0197. The molecule has 2 aromatic carbocycles. The normalized spacial score (nSPS) is 10.6. The molecular formula is C18H16BrNO2. The Hall–Kier alpha value is -2.20. The molecule has 3 nitrogen and oxygen atoms in total. The average molecular weight is 358 g/mol. The Morgan fingerprint density at radius 3 is 2.27 bits per heavy atom. The Morgan fingerprint density at radius 1 is 1.05 bits per heavy atom. The molecule has 112 valence electrons. The minimum Gasteiger partial charge on any atom is -0.326 e. The van der Waals surface area contributed by atoms with E-state index in [4.69, 9.17) is 0 Å². The van der Waals surface area contributed by atoms with Crippen molar-refractivity contribution in [2.24, 2.45) is 0 Å². The van der Waals surface area contributed by atoms with Crippen molar-refractivity contribution in [3.05, 3.63) is 70.2 Å². The van der Waals surface area contributed by atoms with E-state index < -0.39 is 0 Å². The van der Waals surface area contributed by atoms with Crippen LogP contribution in [-0.4, -0.2) is 11.7 Å². The first kappa shape index (κ1) is 16.2. The number of anilines is 1. The topological polar surface area (TPSA) is 46.2 Å². The number of carbonyl (C=O) groups excluding carboxylic acids is 2. The molecular weight excluding hydrogens is 342 g/mol. The number of amides is 1. The van der Waals surface area contributed by atoms with Gasteiger partial charge in [0.25, 0.3) is 0 Å². The van der Waals surface area contributed by atoms with Gasteiger partial charge in [-0.2, -0.15) is 0 Å². The van der Waals surface area contributed by atoms with Crippen LogP contribution in [0.4, 0.5) is 5.69 Å². The number of benzene rings is 2. The van der Waals surface area contributed by atoms with Crippen LogP contribution in [0.15, 0.2) is 59.1 Å². The molecule has 1 amide bonds. The van der Waals surface area contributed by atoms with Crippen molar-refractivity contribution in [2.75, 3.05) is 5.32 Å². The van der Waals surface area contributed by atoms with E-state index in [1.54, 1.807) is 31.2 Å². The monoisotopic (exact) mass is 357 g/mol. The number of hydrogen-bond acceptors (Lipinski definition) is 2. The zero-order valence-electron chi connectivity index (χ0n) is 12.2. The summed E-state index contributed by atoms with van der Waals surface area (Å²) in [6, 6.07) is 14.6. The summed E-state index contributed by atoms with van der Waals surface area (Å²) in [5, 5.41) is 2.78. The Kier molecular flexibility index (Phi) is 5.67. The fourth-order valence-electron chi connectivity index (χ4n) is 1.81. The molecule has 0 saturated carbocycles. The van der Waals surface area contributed by atoms with Gasteiger partial charge in [0, 0.05) is 22.1 Å². The number of hydrogen-bond donors (Lipinski definition) is 1. The van der Waals surface area contributed by atoms with E-state index in [2.05, 4.69) is 21.2 Å². The number of rotatable bonds is 5. The van der Waals surface area contributed by atoms with Crippen molar-refractivity contribution in [3.63, 3.8) is 0 Å². The van der Waals surface area contributed by atoms with Crippen LogP contribution in [0.5, 0.6) is 0 Å².